The second kappa shape index (κ2) is 7.31. The van der Waals surface area contributed by atoms with Crippen molar-refractivity contribution in [2.24, 2.45) is 0 Å². The van der Waals surface area contributed by atoms with Gasteiger partial charge in [0.05, 0.1) is 13.2 Å². The zero-order valence-corrected chi connectivity index (χ0v) is 12.8. The fraction of sp³-hybridized carbons (Fsp3) is 0.562. The highest BCUT2D eigenvalue weighted by Gasteiger charge is 2.30. The molecule has 0 spiro atoms. The Labute approximate surface area is 125 Å². The maximum atomic E-state index is 11.6. The van der Waals surface area contributed by atoms with E-state index >= 15 is 0 Å². The average Bonchev–Trinajstić information content (AvgIpc) is 2.85. The molecular formula is C16H23NO4. The molecule has 1 N–H and O–H groups in total. The summed E-state index contributed by atoms with van der Waals surface area (Å²) in [5.41, 5.74) is 0.981. The topological polar surface area (TPSA) is 56.8 Å². The largest absolute Gasteiger partial charge is 0.490 e. The minimum Gasteiger partial charge on any atom is -0.490 e. The number of cyclic esters (lactones) is 1. The third-order valence-electron chi connectivity index (χ3n) is 3.21. The molecule has 0 radical (unpaired) electrons. The van der Waals surface area contributed by atoms with Crippen LogP contribution in [0.5, 0.6) is 11.5 Å². The lowest BCUT2D eigenvalue weighted by Crippen LogP contribution is -2.25. The van der Waals surface area contributed by atoms with Gasteiger partial charge in [-0.3, -0.25) is 0 Å². The highest BCUT2D eigenvalue weighted by Crippen LogP contribution is 2.33. The summed E-state index contributed by atoms with van der Waals surface area (Å²) in [6.07, 6.45) is 0.0421. The normalized spacial score (nSPS) is 17.9. The number of hydrogen-bond donors (Lipinski definition) is 1. The molecular weight excluding hydrogens is 270 g/mol. The van der Waals surface area contributed by atoms with Crippen molar-refractivity contribution in [2.45, 2.75) is 45.9 Å². The molecule has 1 aromatic rings. The second-order valence-electron chi connectivity index (χ2n) is 5.28. The first-order valence-electron chi connectivity index (χ1n) is 7.43. The number of hydrogen-bond acceptors (Lipinski definition) is 5. The first-order valence-corrected chi connectivity index (χ1v) is 7.43. The number of rotatable bonds is 7. The van der Waals surface area contributed by atoms with Gasteiger partial charge in [-0.2, -0.15) is 0 Å². The predicted octanol–water partition coefficient (Wildman–Crippen LogP) is 2.28. The van der Waals surface area contributed by atoms with E-state index in [1.807, 2.05) is 25.1 Å². The van der Waals surface area contributed by atoms with E-state index in [9.17, 15) is 4.79 Å². The Morgan fingerprint density at radius 2 is 2.24 bits per heavy atom. The third kappa shape index (κ3) is 4.11. The van der Waals surface area contributed by atoms with E-state index in [-0.39, 0.29) is 5.97 Å². The van der Waals surface area contributed by atoms with Crippen LogP contribution >= 0.6 is 0 Å². The smallest absolute Gasteiger partial charge is 0.347 e. The van der Waals surface area contributed by atoms with Crippen LogP contribution in [0.2, 0.25) is 0 Å². The monoisotopic (exact) mass is 293 g/mol. The van der Waals surface area contributed by atoms with Gasteiger partial charge in [-0.1, -0.05) is 26.0 Å². The Balaban J connectivity index is 2.22. The molecule has 0 aromatic heterocycles. The van der Waals surface area contributed by atoms with Crippen molar-refractivity contribution >= 4 is 5.97 Å². The number of carbonyl (C=O) groups excluding carboxylic acids is 1. The van der Waals surface area contributed by atoms with E-state index in [1.165, 1.54) is 0 Å². The van der Waals surface area contributed by atoms with E-state index < -0.39 is 6.10 Å². The maximum Gasteiger partial charge on any atom is 0.347 e. The number of para-hydroxylation sites is 1. The van der Waals surface area contributed by atoms with Crippen LogP contribution in [0.4, 0.5) is 0 Å². The maximum absolute atomic E-state index is 11.6. The third-order valence-corrected chi connectivity index (χ3v) is 3.21. The molecule has 1 fully saturated rings. The molecule has 1 atom stereocenters. The average molecular weight is 293 g/mol. The summed E-state index contributed by atoms with van der Waals surface area (Å²) in [6.45, 7) is 7.72. The minimum atomic E-state index is -0.538. The lowest BCUT2D eigenvalue weighted by atomic mass is 10.1. The fourth-order valence-corrected chi connectivity index (χ4v) is 2.14. The molecule has 21 heavy (non-hydrogen) atoms. The lowest BCUT2D eigenvalue weighted by molar-refractivity contribution is -0.143. The summed E-state index contributed by atoms with van der Waals surface area (Å²) in [5.74, 6) is 1.00. The molecule has 1 heterocycles. The second-order valence-corrected chi connectivity index (χ2v) is 5.28. The molecule has 5 heteroatoms. The van der Waals surface area contributed by atoms with Crippen LogP contribution in [-0.4, -0.2) is 31.3 Å². The Kier molecular flexibility index (Phi) is 5.44. The van der Waals surface area contributed by atoms with Crippen LogP contribution < -0.4 is 14.8 Å². The number of ether oxygens (including phenoxy) is 3. The molecule has 5 nitrogen and oxygen atoms in total. The summed E-state index contributed by atoms with van der Waals surface area (Å²) in [7, 11) is 0. The number of nitrogens with one attached hydrogen (secondary N) is 1. The minimum absolute atomic E-state index is 0.302. The van der Waals surface area contributed by atoms with E-state index in [0.717, 1.165) is 5.56 Å². The van der Waals surface area contributed by atoms with Crippen molar-refractivity contribution < 1.29 is 19.0 Å². The summed E-state index contributed by atoms with van der Waals surface area (Å²) in [4.78, 5) is 11.6. The van der Waals surface area contributed by atoms with Crippen molar-refractivity contribution in [2.75, 3.05) is 13.2 Å². The van der Waals surface area contributed by atoms with Gasteiger partial charge >= 0.3 is 5.97 Å². The van der Waals surface area contributed by atoms with Crippen molar-refractivity contribution in [3.63, 3.8) is 0 Å². The van der Waals surface area contributed by atoms with Crippen LogP contribution in [0.1, 0.15) is 32.8 Å². The van der Waals surface area contributed by atoms with Crippen LogP contribution in [0.15, 0.2) is 18.2 Å². The Hall–Kier alpha value is -1.75. The van der Waals surface area contributed by atoms with Gasteiger partial charge in [-0.05, 0) is 13.0 Å². The summed E-state index contributed by atoms with van der Waals surface area (Å²) < 4.78 is 16.5. The van der Waals surface area contributed by atoms with Crippen LogP contribution in [0.25, 0.3) is 0 Å². The van der Waals surface area contributed by atoms with Gasteiger partial charge in [-0.25, -0.2) is 4.79 Å². The quantitative estimate of drug-likeness (QED) is 0.782. The first kappa shape index (κ1) is 15.6. The van der Waals surface area contributed by atoms with Gasteiger partial charge in [0.1, 0.15) is 0 Å². The lowest BCUT2D eigenvalue weighted by Gasteiger charge is -2.19. The van der Waals surface area contributed by atoms with Gasteiger partial charge in [0.2, 0.25) is 0 Å². The number of carbonyl (C=O) groups is 1. The van der Waals surface area contributed by atoms with Crippen molar-refractivity contribution in [1.82, 2.24) is 5.32 Å². The first-order chi connectivity index (χ1) is 10.1. The Morgan fingerprint density at radius 3 is 2.86 bits per heavy atom. The Morgan fingerprint density at radius 1 is 1.43 bits per heavy atom. The van der Waals surface area contributed by atoms with Crippen molar-refractivity contribution in [3.8, 4) is 11.5 Å². The van der Waals surface area contributed by atoms with E-state index in [0.29, 0.717) is 43.7 Å². The molecule has 1 unspecified atom stereocenters. The molecule has 0 aliphatic carbocycles. The van der Waals surface area contributed by atoms with Crippen LogP contribution in [0, 0.1) is 0 Å². The van der Waals surface area contributed by atoms with Gasteiger partial charge in [0, 0.05) is 24.6 Å². The number of benzene rings is 1. The van der Waals surface area contributed by atoms with Crippen molar-refractivity contribution in [1.29, 1.82) is 0 Å². The molecule has 0 amide bonds. The predicted molar refractivity (Wildman–Crippen MR) is 79.6 cm³/mol. The highest BCUT2D eigenvalue weighted by molar-refractivity contribution is 5.77. The van der Waals surface area contributed by atoms with Crippen LogP contribution in [0.3, 0.4) is 0 Å². The highest BCUT2D eigenvalue weighted by atomic mass is 16.6. The SMILES string of the molecule is CCOc1cccc(CNC(C)C)c1OC1CCOC1=O. The molecule has 0 saturated carbocycles. The Bertz CT molecular complexity index is 487. The molecule has 116 valence electrons. The van der Waals surface area contributed by atoms with Gasteiger partial charge in [0.25, 0.3) is 0 Å². The van der Waals surface area contributed by atoms with E-state index in [4.69, 9.17) is 14.2 Å². The molecule has 1 aliphatic rings. The van der Waals surface area contributed by atoms with Gasteiger partial charge in [-0.15, -0.1) is 0 Å². The zero-order chi connectivity index (χ0) is 15.2. The summed E-state index contributed by atoms with van der Waals surface area (Å²) in [5, 5.41) is 3.36. The molecule has 2 rings (SSSR count). The standard InChI is InChI=1S/C16H23NO4/c1-4-19-13-7-5-6-12(10-17-11(2)3)15(13)21-14-8-9-20-16(14)18/h5-7,11,14,17H,4,8-10H2,1-3H3. The fourth-order valence-electron chi connectivity index (χ4n) is 2.14. The summed E-state index contributed by atoms with van der Waals surface area (Å²) >= 11 is 0. The van der Waals surface area contributed by atoms with Gasteiger partial charge in [0.15, 0.2) is 17.6 Å². The van der Waals surface area contributed by atoms with Crippen molar-refractivity contribution in [3.05, 3.63) is 23.8 Å². The van der Waals surface area contributed by atoms with E-state index in [1.54, 1.807) is 0 Å². The molecule has 1 aliphatic heterocycles. The zero-order valence-electron chi connectivity index (χ0n) is 12.8. The number of esters is 1. The van der Waals surface area contributed by atoms with E-state index in [2.05, 4.69) is 19.2 Å². The molecule has 0 bridgehead atoms. The molecule has 1 aromatic carbocycles. The summed E-state index contributed by atoms with van der Waals surface area (Å²) in [6, 6.07) is 6.14. The van der Waals surface area contributed by atoms with Crippen LogP contribution in [-0.2, 0) is 16.1 Å². The van der Waals surface area contributed by atoms with Gasteiger partial charge < -0.3 is 19.5 Å². The molecule has 1 saturated heterocycles.